The van der Waals surface area contributed by atoms with Crippen molar-refractivity contribution in [3.63, 3.8) is 0 Å². The number of nitrogen functional groups attached to an aromatic ring is 1. The average molecular weight is 266 g/mol. The van der Waals surface area contributed by atoms with Gasteiger partial charge in [0, 0.05) is 24.6 Å². The lowest BCUT2D eigenvalue weighted by molar-refractivity contribution is 0.0644. The number of hydrogen-bond donors (Lipinski definition) is 1. The first-order valence-electron chi connectivity index (χ1n) is 5.89. The van der Waals surface area contributed by atoms with E-state index in [4.69, 9.17) is 5.73 Å². The summed E-state index contributed by atoms with van der Waals surface area (Å²) in [4.78, 5) is 5.87. The maximum absolute atomic E-state index is 12.7. The molecule has 6 heteroatoms. The van der Waals surface area contributed by atoms with Gasteiger partial charge in [-0.25, -0.2) is 4.98 Å². The lowest BCUT2D eigenvalue weighted by Gasteiger charge is -2.17. The fourth-order valence-electron chi connectivity index (χ4n) is 1.94. The first-order chi connectivity index (χ1) is 9.06. The molecule has 102 valence electrons. The molecule has 0 unspecified atom stereocenters. The summed E-state index contributed by atoms with van der Waals surface area (Å²) < 4.78 is 26.2. The summed E-state index contributed by atoms with van der Waals surface area (Å²) in [5, 5.41) is 0. The summed E-state index contributed by atoms with van der Waals surface area (Å²) in [6.07, 6.45) is 2.67. The molecule has 0 aliphatic carbocycles. The Bertz CT molecular complexity index is 539. The minimum Gasteiger partial charge on any atom is -0.399 e. The van der Waals surface area contributed by atoms with Crippen LogP contribution in [0, 0.1) is 0 Å². The van der Waals surface area contributed by atoms with Gasteiger partial charge in [-0.1, -0.05) is 12.1 Å². The van der Waals surface area contributed by atoms with E-state index in [1.807, 2.05) is 36.2 Å². The lowest BCUT2D eigenvalue weighted by atomic mass is 10.2. The number of benzene rings is 1. The summed E-state index contributed by atoms with van der Waals surface area (Å²) >= 11 is 0. The third kappa shape index (κ3) is 3.51. The number of hydrogen-bond acceptors (Lipinski definition) is 3. The third-order valence-corrected chi connectivity index (χ3v) is 2.77. The molecule has 0 atom stereocenters. The van der Waals surface area contributed by atoms with Gasteiger partial charge in [0.05, 0.1) is 6.54 Å². The van der Waals surface area contributed by atoms with Crippen molar-refractivity contribution in [2.24, 2.45) is 0 Å². The summed E-state index contributed by atoms with van der Waals surface area (Å²) in [5.74, 6) is 0.349. The van der Waals surface area contributed by atoms with E-state index in [1.54, 1.807) is 0 Å². The molecule has 2 aromatic rings. The zero-order valence-electron chi connectivity index (χ0n) is 10.6. The van der Waals surface area contributed by atoms with E-state index in [0.29, 0.717) is 24.6 Å². The van der Waals surface area contributed by atoms with E-state index in [-0.39, 0.29) is 0 Å². The number of imidazole rings is 1. The van der Waals surface area contributed by atoms with Crippen LogP contribution in [0.15, 0.2) is 36.7 Å². The van der Waals surface area contributed by atoms with Gasteiger partial charge < -0.3 is 5.73 Å². The van der Waals surface area contributed by atoms with Gasteiger partial charge in [-0.3, -0.25) is 9.47 Å². The number of nitrogens with zero attached hydrogens (tertiary/aromatic N) is 3. The van der Waals surface area contributed by atoms with Crippen LogP contribution in [0.2, 0.25) is 0 Å². The molecule has 2 N–H and O–H groups in total. The number of anilines is 1. The zero-order valence-corrected chi connectivity index (χ0v) is 10.6. The molecule has 1 heterocycles. The van der Waals surface area contributed by atoms with E-state index in [9.17, 15) is 8.78 Å². The van der Waals surface area contributed by atoms with Crippen molar-refractivity contribution in [3.8, 4) is 0 Å². The van der Waals surface area contributed by atoms with Crippen LogP contribution in [-0.4, -0.2) is 21.5 Å². The Hall–Kier alpha value is -1.95. The Labute approximate surface area is 110 Å². The first kappa shape index (κ1) is 13.5. The van der Waals surface area contributed by atoms with Crippen LogP contribution in [0.3, 0.4) is 0 Å². The van der Waals surface area contributed by atoms with Gasteiger partial charge in [-0.15, -0.1) is 0 Å². The molecule has 0 saturated carbocycles. The summed E-state index contributed by atoms with van der Waals surface area (Å²) in [5.41, 5.74) is 7.43. The zero-order chi connectivity index (χ0) is 13.8. The Morgan fingerprint density at radius 2 is 2.16 bits per heavy atom. The van der Waals surface area contributed by atoms with Gasteiger partial charge in [-0.05, 0) is 24.7 Å². The number of alkyl halides is 2. The molecule has 0 bridgehead atoms. The highest BCUT2D eigenvalue weighted by Crippen LogP contribution is 2.15. The molecule has 1 aromatic carbocycles. The van der Waals surface area contributed by atoms with Gasteiger partial charge in [0.15, 0.2) is 0 Å². The average Bonchev–Trinajstić information content (AvgIpc) is 2.76. The molecule has 1 aromatic heterocycles. The summed E-state index contributed by atoms with van der Waals surface area (Å²) in [6, 6.07) is 7.51. The largest absolute Gasteiger partial charge is 0.399 e. The molecular formula is C13H16F2N4. The van der Waals surface area contributed by atoms with Crippen LogP contribution in [-0.2, 0) is 13.1 Å². The van der Waals surface area contributed by atoms with E-state index >= 15 is 0 Å². The van der Waals surface area contributed by atoms with Crippen molar-refractivity contribution >= 4 is 5.69 Å². The predicted octanol–water partition coefficient (Wildman–Crippen LogP) is 2.49. The van der Waals surface area contributed by atoms with E-state index < -0.39 is 6.55 Å². The quantitative estimate of drug-likeness (QED) is 0.846. The number of halogens is 2. The highest BCUT2D eigenvalue weighted by Gasteiger charge is 2.13. The highest BCUT2D eigenvalue weighted by atomic mass is 19.3. The SMILES string of the molecule is CN(Cc1cccc(N)c1)Cc1nccn1C(F)F. The van der Waals surface area contributed by atoms with Crippen LogP contribution in [0.25, 0.3) is 0 Å². The second kappa shape index (κ2) is 5.79. The van der Waals surface area contributed by atoms with Crippen molar-refractivity contribution in [2.45, 2.75) is 19.6 Å². The topological polar surface area (TPSA) is 47.1 Å². The smallest absolute Gasteiger partial charge is 0.319 e. The van der Waals surface area contributed by atoms with Gasteiger partial charge >= 0.3 is 6.55 Å². The van der Waals surface area contributed by atoms with Crippen LogP contribution >= 0.6 is 0 Å². The first-order valence-corrected chi connectivity index (χ1v) is 5.89. The molecule has 19 heavy (non-hydrogen) atoms. The maximum atomic E-state index is 12.7. The molecule has 0 spiro atoms. The number of aromatic nitrogens is 2. The molecule has 0 fully saturated rings. The Balaban J connectivity index is 2.01. The molecule has 0 radical (unpaired) electrons. The normalized spacial score (nSPS) is 11.4. The highest BCUT2D eigenvalue weighted by molar-refractivity contribution is 5.40. The monoisotopic (exact) mass is 266 g/mol. The number of nitrogens with two attached hydrogens (primary N) is 1. The van der Waals surface area contributed by atoms with Gasteiger partial charge in [0.25, 0.3) is 0 Å². The minimum atomic E-state index is -2.56. The van der Waals surface area contributed by atoms with E-state index in [0.717, 1.165) is 10.1 Å². The molecular weight excluding hydrogens is 250 g/mol. The fraction of sp³-hybridized carbons (Fsp3) is 0.308. The van der Waals surface area contributed by atoms with Crippen molar-refractivity contribution in [2.75, 3.05) is 12.8 Å². The van der Waals surface area contributed by atoms with Gasteiger partial charge in [-0.2, -0.15) is 8.78 Å². The van der Waals surface area contributed by atoms with Crippen LogP contribution in [0.5, 0.6) is 0 Å². The molecule has 4 nitrogen and oxygen atoms in total. The molecule has 0 saturated heterocycles. The summed E-state index contributed by atoms with van der Waals surface area (Å²) in [7, 11) is 1.85. The van der Waals surface area contributed by atoms with Crippen LogP contribution < -0.4 is 5.73 Å². The Kier molecular flexibility index (Phi) is 4.11. The second-order valence-electron chi connectivity index (χ2n) is 4.45. The predicted molar refractivity (Wildman–Crippen MR) is 69.5 cm³/mol. The van der Waals surface area contributed by atoms with Crippen LogP contribution in [0.4, 0.5) is 14.5 Å². The molecule has 0 amide bonds. The second-order valence-corrected chi connectivity index (χ2v) is 4.45. The van der Waals surface area contributed by atoms with E-state index in [2.05, 4.69) is 4.98 Å². The Morgan fingerprint density at radius 1 is 1.37 bits per heavy atom. The van der Waals surface area contributed by atoms with Crippen molar-refractivity contribution < 1.29 is 8.78 Å². The van der Waals surface area contributed by atoms with Gasteiger partial charge in [0.2, 0.25) is 0 Å². The van der Waals surface area contributed by atoms with E-state index in [1.165, 1.54) is 12.4 Å². The number of rotatable bonds is 5. The Morgan fingerprint density at radius 3 is 2.84 bits per heavy atom. The summed E-state index contributed by atoms with van der Waals surface area (Å²) in [6.45, 7) is -1.58. The fourth-order valence-corrected chi connectivity index (χ4v) is 1.94. The maximum Gasteiger partial charge on any atom is 0.319 e. The lowest BCUT2D eigenvalue weighted by Crippen LogP contribution is -2.20. The van der Waals surface area contributed by atoms with Gasteiger partial charge in [0.1, 0.15) is 5.82 Å². The molecule has 0 aliphatic heterocycles. The standard InChI is InChI=1S/C13H16F2N4/c1-18(8-10-3-2-4-11(16)7-10)9-12-17-5-6-19(12)13(14)15/h2-7,13H,8-9,16H2,1H3. The molecule has 2 rings (SSSR count). The molecule has 0 aliphatic rings. The third-order valence-electron chi connectivity index (χ3n) is 2.77. The van der Waals surface area contributed by atoms with Crippen molar-refractivity contribution in [1.82, 2.24) is 14.5 Å². The van der Waals surface area contributed by atoms with Crippen LogP contribution in [0.1, 0.15) is 17.9 Å². The van der Waals surface area contributed by atoms with Crippen molar-refractivity contribution in [1.29, 1.82) is 0 Å². The van der Waals surface area contributed by atoms with Crippen molar-refractivity contribution in [3.05, 3.63) is 48.0 Å². The minimum absolute atomic E-state index is 0.349.